The van der Waals surface area contributed by atoms with Crippen molar-refractivity contribution in [2.75, 3.05) is 18.9 Å². The Morgan fingerprint density at radius 3 is 2.59 bits per heavy atom. The highest BCUT2D eigenvalue weighted by atomic mass is 32.2. The van der Waals surface area contributed by atoms with E-state index >= 15 is 0 Å². The number of hydrogen-bond acceptors (Lipinski definition) is 5. The molecule has 2 unspecified atom stereocenters. The van der Waals surface area contributed by atoms with Gasteiger partial charge in [-0.2, -0.15) is 0 Å². The van der Waals surface area contributed by atoms with Crippen LogP contribution in [0.2, 0.25) is 0 Å². The average molecular weight is 395 g/mol. The molecule has 2 atom stereocenters. The van der Waals surface area contributed by atoms with Crippen LogP contribution >= 0.6 is 11.8 Å². The summed E-state index contributed by atoms with van der Waals surface area (Å²) in [5.74, 6) is 0.434. The molecule has 3 N–H and O–H groups in total. The fraction of sp³-hybridized carbons (Fsp3) is 0.600. The Labute approximate surface area is 165 Å². The van der Waals surface area contributed by atoms with Gasteiger partial charge in [-0.1, -0.05) is 46.8 Å². The fourth-order valence-corrected chi connectivity index (χ4v) is 3.69. The molecule has 0 radical (unpaired) electrons. The Morgan fingerprint density at radius 2 is 2.00 bits per heavy atom. The number of aliphatic carboxylic acids is 1. The summed E-state index contributed by atoms with van der Waals surface area (Å²) >= 11 is 1.57. The smallest absolute Gasteiger partial charge is 0.321 e. The zero-order valence-electron chi connectivity index (χ0n) is 16.7. The number of rotatable bonds is 7. The van der Waals surface area contributed by atoms with Gasteiger partial charge in [0.25, 0.3) is 0 Å². The van der Waals surface area contributed by atoms with E-state index in [9.17, 15) is 9.59 Å². The number of nitrogens with one attached hydrogen (secondary N) is 2. The van der Waals surface area contributed by atoms with Crippen LogP contribution in [0, 0.1) is 10.8 Å². The van der Waals surface area contributed by atoms with Crippen LogP contribution in [-0.4, -0.2) is 41.9 Å². The van der Waals surface area contributed by atoms with E-state index in [-0.39, 0.29) is 16.7 Å². The second kappa shape index (κ2) is 8.52. The van der Waals surface area contributed by atoms with Gasteiger partial charge in [0.15, 0.2) is 0 Å². The zero-order chi connectivity index (χ0) is 20.2. The van der Waals surface area contributed by atoms with E-state index in [1.807, 2.05) is 38.1 Å². The van der Waals surface area contributed by atoms with Crippen molar-refractivity contribution >= 4 is 23.6 Å². The summed E-state index contributed by atoms with van der Waals surface area (Å²) < 4.78 is 5.76. The number of benzene rings is 1. The molecule has 150 valence electrons. The predicted molar refractivity (Wildman–Crippen MR) is 108 cm³/mol. The highest BCUT2D eigenvalue weighted by Crippen LogP contribution is 2.38. The minimum absolute atomic E-state index is 0.0126. The third kappa shape index (κ3) is 5.39. The number of ether oxygens (including phenoxy) is 1. The molecule has 1 aliphatic rings. The van der Waals surface area contributed by atoms with Crippen LogP contribution < -0.4 is 15.4 Å². The third-order valence-corrected chi connectivity index (χ3v) is 6.61. The van der Waals surface area contributed by atoms with Crippen molar-refractivity contribution in [1.29, 1.82) is 0 Å². The number of carbonyl (C=O) groups excluding carboxylic acids is 1. The van der Waals surface area contributed by atoms with Crippen molar-refractivity contribution in [2.45, 2.75) is 46.0 Å². The minimum atomic E-state index is -0.827. The standard InChI is InChI=1S/C20H30N2O4S/c1-19(2,3)20(4,5)18(25)21-9-10-26-14-8-6-7-13(11-14)16-22-15(12-27-16)17(23)24/h6-8,11,15-16,22H,9-10,12H2,1-5H3,(H,21,25)(H,23,24). The van der Waals surface area contributed by atoms with Crippen LogP contribution in [0.25, 0.3) is 0 Å². The SMILES string of the molecule is CC(C)(C)C(C)(C)C(=O)NCCOc1cccc(C2NC(C(=O)O)CS2)c1. The summed E-state index contributed by atoms with van der Waals surface area (Å²) in [6.45, 7) is 10.9. The molecule has 1 heterocycles. The maximum Gasteiger partial charge on any atom is 0.321 e. The monoisotopic (exact) mass is 394 g/mol. The minimum Gasteiger partial charge on any atom is -0.492 e. The molecule has 0 bridgehead atoms. The quantitative estimate of drug-likeness (QED) is 0.616. The van der Waals surface area contributed by atoms with Gasteiger partial charge in [-0.3, -0.25) is 14.9 Å². The molecule has 1 saturated heterocycles. The molecule has 2 rings (SSSR count). The lowest BCUT2D eigenvalue weighted by Crippen LogP contribution is -2.46. The molecule has 0 aromatic heterocycles. The van der Waals surface area contributed by atoms with Gasteiger partial charge in [-0.25, -0.2) is 0 Å². The van der Waals surface area contributed by atoms with Gasteiger partial charge in [0.1, 0.15) is 18.4 Å². The first-order chi connectivity index (χ1) is 12.5. The first-order valence-electron chi connectivity index (χ1n) is 9.14. The largest absolute Gasteiger partial charge is 0.492 e. The van der Waals surface area contributed by atoms with Crippen molar-refractivity contribution in [3.8, 4) is 5.75 Å². The van der Waals surface area contributed by atoms with Crippen LogP contribution in [-0.2, 0) is 9.59 Å². The Bertz CT molecular complexity index is 685. The molecule has 6 nitrogen and oxygen atoms in total. The van der Waals surface area contributed by atoms with Gasteiger partial charge in [-0.15, -0.1) is 11.8 Å². The molecule has 0 saturated carbocycles. The summed E-state index contributed by atoms with van der Waals surface area (Å²) in [7, 11) is 0. The van der Waals surface area contributed by atoms with Crippen LogP contribution in [0.15, 0.2) is 24.3 Å². The Balaban J connectivity index is 1.84. The molecule has 1 aliphatic heterocycles. The van der Waals surface area contributed by atoms with E-state index in [4.69, 9.17) is 9.84 Å². The lowest BCUT2D eigenvalue weighted by atomic mass is 9.69. The first kappa shape index (κ1) is 21.6. The topological polar surface area (TPSA) is 87.7 Å². The fourth-order valence-electron chi connectivity index (χ4n) is 2.47. The molecule has 0 aliphatic carbocycles. The molecular weight excluding hydrogens is 364 g/mol. The van der Waals surface area contributed by atoms with Gasteiger partial charge < -0.3 is 15.2 Å². The third-order valence-electron chi connectivity index (χ3n) is 5.34. The van der Waals surface area contributed by atoms with Gasteiger partial charge in [0.2, 0.25) is 5.91 Å². The maximum atomic E-state index is 12.4. The lowest BCUT2D eigenvalue weighted by Gasteiger charge is -2.37. The normalized spacial score (nSPS) is 20.3. The second-order valence-corrected chi connectivity index (χ2v) is 9.46. The highest BCUT2D eigenvalue weighted by Gasteiger charge is 2.39. The molecule has 0 spiro atoms. The molecule has 1 aromatic carbocycles. The maximum absolute atomic E-state index is 12.4. The lowest BCUT2D eigenvalue weighted by molar-refractivity contribution is -0.138. The van der Waals surface area contributed by atoms with Gasteiger partial charge in [0.05, 0.1) is 11.9 Å². The van der Waals surface area contributed by atoms with Crippen molar-refractivity contribution in [2.24, 2.45) is 10.8 Å². The van der Waals surface area contributed by atoms with E-state index in [1.165, 1.54) is 0 Å². The van der Waals surface area contributed by atoms with Crippen LogP contribution in [0.3, 0.4) is 0 Å². The first-order valence-corrected chi connectivity index (χ1v) is 10.2. The Hall–Kier alpha value is -1.73. The summed E-state index contributed by atoms with van der Waals surface area (Å²) in [4.78, 5) is 23.5. The Morgan fingerprint density at radius 1 is 1.30 bits per heavy atom. The summed E-state index contributed by atoms with van der Waals surface area (Å²) in [6, 6.07) is 7.09. The van der Waals surface area contributed by atoms with Crippen LogP contribution in [0.5, 0.6) is 5.75 Å². The summed E-state index contributed by atoms with van der Waals surface area (Å²) in [5.41, 5.74) is 0.379. The van der Waals surface area contributed by atoms with Gasteiger partial charge in [-0.05, 0) is 23.1 Å². The number of hydrogen-bond donors (Lipinski definition) is 3. The highest BCUT2D eigenvalue weighted by molar-refractivity contribution is 7.99. The second-order valence-electron chi connectivity index (χ2n) is 8.32. The van der Waals surface area contributed by atoms with Crippen LogP contribution in [0.4, 0.5) is 0 Å². The van der Waals surface area contributed by atoms with Gasteiger partial charge >= 0.3 is 5.97 Å². The molecular formula is C20H30N2O4S. The van der Waals surface area contributed by atoms with E-state index in [1.54, 1.807) is 11.8 Å². The molecule has 1 fully saturated rings. The number of carboxylic acids is 1. The van der Waals surface area contributed by atoms with E-state index < -0.39 is 17.4 Å². The van der Waals surface area contributed by atoms with Gasteiger partial charge in [0, 0.05) is 11.2 Å². The number of carbonyl (C=O) groups is 2. The van der Waals surface area contributed by atoms with E-state index in [0.29, 0.717) is 24.7 Å². The summed E-state index contributed by atoms with van der Waals surface area (Å²) in [6.07, 6.45) is 0. The van der Waals surface area contributed by atoms with E-state index in [2.05, 4.69) is 31.4 Å². The number of carboxylic acid groups (broad SMARTS) is 1. The van der Waals surface area contributed by atoms with Crippen LogP contribution in [0.1, 0.15) is 45.6 Å². The van der Waals surface area contributed by atoms with Crippen molar-refractivity contribution in [3.05, 3.63) is 29.8 Å². The number of amides is 1. The zero-order valence-corrected chi connectivity index (χ0v) is 17.5. The van der Waals surface area contributed by atoms with Crippen molar-refractivity contribution in [1.82, 2.24) is 10.6 Å². The van der Waals surface area contributed by atoms with E-state index in [0.717, 1.165) is 5.56 Å². The number of thioether (sulfide) groups is 1. The molecule has 7 heteroatoms. The molecule has 27 heavy (non-hydrogen) atoms. The molecule has 1 amide bonds. The predicted octanol–water partition coefficient (Wildman–Crippen LogP) is 3.04. The van der Waals surface area contributed by atoms with Crippen molar-refractivity contribution < 1.29 is 19.4 Å². The molecule has 1 aromatic rings. The average Bonchev–Trinajstić information content (AvgIpc) is 3.08. The Kier molecular flexibility index (Phi) is 6.81. The summed E-state index contributed by atoms with van der Waals surface area (Å²) in [5, 5.41) is 15.1. The van der Waals surface area contributed by atoms with Crippen molar-refractivity contribution in [3.63, 3.8) is 0 Å².